The molecule has 1 N–H and O–H groups in total. The number of dihydropyridines is 1. The van der Waals surface area contributed by atoms with Gasteiger partial charge in [0.25, 0.3) is 0 Å². The molecule has 3 aromatic rings. The average Bonchev–Trinajstić information content (AvgIpc) is 2.74. The Morgan fingerprint density at radius 3 is 2.23 bits per heavy atom. The second-order valence-electron chi connectivity index (χ2n) is 6.52. The Bertz CT molecular complexity index is 1040. The number of hydrogen-bond acceptors (Lipinski definition) is 2. The Labute approximate surface area is 153 Å². The van der Waals surface area contributed by atoms with E-state index in [-0.39, 0.29) is 6.04 Å². The lowest BCUT2D eigenvalue weighted by molar-refractivity contribution is 0.693. The molecule has 1 aliphatic heterocycles. The van der Waals surface area contributed by atoms with Crippen LogP contribution in [0.4, 0.5) is 0 Å². The maximum Gasteiger partial charge on any atom is 0.0948 e. The van der Waals surface area contributed by atoms with E-state index in [2.05, 4.69) is 84.2 Å². The molecule has 0 saturated carbocycles. The van der Waals surface area contributed by atoms with Crippen molar-refractivity contribution < 1.29 is 0 Å². The van der Waals surface area contributed by atoms with Gasteiger partial charge in [0.05, 0.1) is 11.7 Å². The van der Waals surface area contributed by atoms with E-state index in [1.807, 2.05) is 18.5 Å². The van der Waals surface area contributed by atoms with Crippen molar-refractivity contribution in [2.24, 2.45) is 0 Å². The highest BCUT2D eigenvalue weighted by atomic mass is 14.9. The number of nitrogens with zero attached hydrogens (tertiary/aromatic N) is 1. The van der Waals surface area contributed by atoms with Gasteiger partial charge in [-0.1, -0.05) is 72.8 Å². The molecule has 2 heterocycles. The van der Waals surface area contributed by atoms with Gasteiger partial charge in [-0.05, 0) is 46.2 Å². The van der Waals surface area contributed by atoms with Crippen LogP contribution >= 0.6 is 0 Å². The van der Waals surface area contributed by atoms with Crippen molar-refractivity contribution >= 4 is 11.6 Å². The highest BCUT2D eigenvalue weighted by Gasteiger charge is 2.27. The Hall–Kier alpha value is -3.39. The zero-order valence-corrected chi connectivity index (χ0v) is 14.3. The summed E-state index contributed by atoms with van der Waals surface area (Å²) in [5, 5.41) is 3.50. The molecule has 2 heteroatoms. The van der Waals surface area contributed by atoms with Gasteiger partial charge in [0.15, 0.2) is 0 Å². The maximum absolute atomic E-state index is 4.74. The third-order valence-corrected chi connectivity index (χ3v) is 5.03. The standard InChI is InChI=1S/C24H18N2/c1-3-7-17(8-4-1)19-13-15-25-23-21(19)11-12-22-20(14-16-26-24(22)23)18-9-5-2-6-10-18/h1-16,23,25H. The lowest BCUT2D eigenvalue weighted by Gasteiger charge is -2.29. The number of allylic oxidation sites excluding steroid dienone is 2. The van der Waals surface area contributed by atoms with Crippen molar-refractivity contribution in [1.82, 2.24) is 10.3 Å². The second-order valence-corrected chi connectivity index (χ2v) is 6.52. The smallest absolute Gasteiger partial charge is 0.0948 e. The molecule has 0 bridgehead atoms. The van der Waals surface area contributed by atoms with Crippen LogP contribution in [-0.2, 0) is 0 Å². The van der Waals surface area contributed by atoms with Gasteiger partial charge in [-0.25, -0.2) is 0 Å². The van der Waals surface area contributed by atoms with Gasteiger partial charge in [-0.15, -0.1) is 0 Å². The van der Waals surface area contributed by atoms with Gasteiger partial charge in [0, 0.05) is 11.8 Å². The molecule has 1 atom stereocenters. The fourth-order valence-corrected chi connectivity index (χ4v) is 3.80. The zero-order valence-electron chi connectivity index (χ0n) is 14.3. The maximum atomic E-state index is 4.74. The summed E-state index contributed by atoms with van der Waals surface area (Å²) >= 11 is 0. The SMILES string of the molecule is C1=CC(c2ccccc2)=C2C=Cc3c(-c4ccccc4)ccnc3C2N1. The first kappa shape index (κ1) is 14.9. The summed E-state index contributed by atoms with van der Waals surface area (Å²) < 4.78 is 0. The summed E-state index contributed by atoms with van der Waals surface area (Å²) in [4.78, 5) is 4.74. The first-order valence-electron chi connectivity index (χ1n) is 8.86. The quantitative estimate of drug-likeness (QED) is 0.680. The molecule has 0 fully saturated rings. The van der Waals surface area contributed by atoms with Crippen LogP contribution in [-0.4, -0.2) is 4.98 Å². The van der Waals surface area contributed by atoms with E-state index in [9.17, 15) is 0 Å². The zero-order chi connectivity index (χ0) is 17.3. The molecule has 2 nitrogen and oxygen atoms in total. The van der Waals surface area contributed by atoms with Crippen LogP contribution in [0, 0.1) is 0 Å². The summed E-state index contributed by atoms with van der Waals surface area (Å²) in [6.07, 6.45) is 10.5. The van der Waals surface area contributed by atoms with E-state index < -0.39 is 0 Å². The topological polar surface area (TPSA) is 24.9 Å². The highest BCUT2D eigenvalue weighted by molar-refractivity contribution is 5.86. The summed E-state index contributed by atoms with van der Waals surface area (Å²) in [5.74, 6) is 0. The van der Waals surface area contributed by atoms with Gasteiger partial charge in [0.1, 0.15) is 0 Å². The molecule has 2 aliphatic rings. The predicted octanol–water partition coefficient (Wildman–Crippen LogP) is 5.39. The van der Waals surface area contributed by atoms with Crippen molar-refractivity contribution in [2.45, 2.75) is 6.04 Å². The minimum absolute atomic E-state index is 0.0823. The number of pyridine rings is 1. The fraction of sp³-hybridized carbons (Fsp3) is 0.0417. The van der Waals surface area contributed by atoms with Gasteiger partial charge in [0.2, 0.25) is 0 Å². The molecule has 2 aromatic carbocycles. The van der Waals surface area contributed by atoms with Crippen LogP contribution in [0.1, 0.15) is 22.9 Å². The summed E-state index contributed by atoms with van der Waals surface area (Å²) in [6.45, 7) is 0. The van der Waals surface area contributed by atoms with Gasteiger partial charge < -0.3 is 5.32 Å². The van der Waals surface area contributed by atoms with E-state index in [1.165, 1.54) is 33.4 Å². The second kappa shape index (κ2) is 6.16. The van der Waals surface area contributed by atoms with E-state index in [4.69, 9.17) is 4.98 Å². The third-order valence-electron chi connectivity index (χ3n) is 5.03. The highest BCUT2D eigenvalue weighted by Crippen LogP contribution is 2.40. The molecule has 1 aliphatic carbocycles. The van der Waals surface area contributed by atoms with E-state index >= 15 is 0 Å². The van der Waals surface area contributed by atoms with Crippen LogP contribution in [0.2, 0.25) is 0 Å². The normalized spacial score (nSPS) is 17.5. The largest absolute Gasteiger partial charge is 0.379 e. The van der Waals surface area contributed by atoms with Crippen LogP contribution in [0.15, 0.2) is 96.9 Å². The van der Waals surface area contributed by atoms with E-state index in [0.29, 0.717) is 0 Å². The Kier molecular flexibility index (Phi) is 3.53. The Morgan fingerprint density at radius 2 is 1.46 bits per heavy atom. The Morgan fingerprint density at radius 1 is 0.731 bits per heavy atom. The molecule has 124 valence electrons. The monoisotopic (exact) mass is 334 g/mol. The summed E-state index contributed by atoms with van der Waals surface area (Å²) in [6, 6.07) is 23.2. The molecule has 0 spiro atoms. The van der Waals surface area contributed by atoms with Crippen LogP contribution in [0.5, 0.6) is 0 Å². The van der Waals surface area contributed by atoms with Crippen LogP contribution in [0.3, 0.4) is 0 Å². The van der Waals surface area contributed by atoms with Crippen molar-refractivity contribution in [3.63, 3.8) is 0 Å². The van der Waals surface area contributed by atoms with Crippen molar-refractivity contribution in [3.8, 4) is 11.1 Å². The van der Waals surface area contributed by atoms with Crippen molar-refractivity contribution in [1.29, 1.82) is 0 Å². The fourth-order valence-electron chi connectivity index (χ4n) is 3.80. The van der Waals surface area contributed by atoms with Gasteiger partial charge >= 0.3 is 0 Å². The lowest BCUT2D eigenvalue weighted by atomic mass is 9.83. The first-order chi connectivity index (χ1) is 12.9. The van der Waals surface area contributed by atoms with Gasteiger partial charge in [-0.2, -0.15) is 0 Å². The van der Waals surface area contributed by atoms with E-state index in [1.54, 1.807) is 0 Å². The number of nitrogens with one attached hydrogen (secondary N) is 1. The summed E-state index contributed by atoms with van der Waals surface area (Å²) in [5.41, 5.74) is 8.48. The van der Waals surface area contributed by atoms with Crippen LogP contribution in [0.25, 0.3) is 22.8 Å². The van der Waals surface area contributed by atoms with Gasteiger partial charge in [-0.3, -0.25) is 4.98 Å². The molecule has 0 amide bonds. The number of fused-ring (bicyclic) bond motifs is 3. The first-order valence-corrected chi connectivity index (χ1v) is 8.86. The number of aromatic nitrogens is 1. The van der Waals surface area contributed by atoms with Crippen LogP contribution < -0.4 is 5.32 Å². The van der Waals surface area contributed by atoms with Crippen molar-refractivity contribution in [3.05, 3.63) is 114 Å². The average molecular weight is 334 g/mol. The number of benzene rings is 2. The lowest BCUT2D eigenvalue weighted by Crippen LogP contribution is -2.25. The third kappa shape index (κ3) is 2.39. The molecule has 1 aromatic heterocycles. The molecule has 0 radical (unpaired) electrons. The minimum atomic E-state index is 0.0823. The Balaban J connectivity index is 1.67. The summed E-state index contributed by atoms with van der Waals surface area (Å²) in [7, 11) is 0. The van der Waals surface area contributed by atoms with Crippen molar-refractivity contribution in [2.75, 3.05) is 0 Å². The molecule has 1 unspecified atom stereocenters. The minimum Gasteiger partial charge on any atom is -0.379 e. The predicted molar refractivity (Wildman–Crippen MR) is 107 cm³/mol. The van der Waals surface area contributed by atoms with E-state index in [0.717, 1.165) is 5.69 Å². The molecule has 26 heavy (non-hydrogen) atoms. The number of rotatable bonds is 2. The molecular weight excluding hydrogens is 316 g/mol. The molecule has 0 saturated heterocycles. The molecule has 5 rings (SSSR count). The molecular formula is C24H18N2. The number of hydrogen-bond donors (Lipinski definition) is 1.